The molecule has 0 aromatic rings. The van der Waals surface area contributed by atoms with E-state index >= 15 is 0 Å². The van der Waals surface area contributed by atoms with Crippen molar-refractivity contribution in [2.24, 2.45) is 5.92 Å². The van der Waals surface area contributed by atoms with Crippen molar-refractivity contribution >= 4 is 0 Å². The van der Waals surface area contributed by atoms with Crippen molar-refractivity contribution in [3.05, 3.63) is 0 Å². The van der Waals surface area contributed by atoms with Gasteiger partial charge in [-0.25, -0.2) is 0 Å². The largest absolute Gasteiger partial charge is 0.395 e. The molecule has 90 valence electrons. The van der Waals surface area contributed by atoms with Crippen LogP contribution in [-0.2, 0) is 4.74 Å². The smallest absolute Gasteiger partial charge is 0.0588 e. The molecule has 0 aromatic heterocycles. The minimum Gasteiger partial charge on any atom is -0.395 e. The lowest BCUT2D eigenvalue weighted by Gasteiger charge is -2.19. The minimum absolute atomic E-state index is 0.240. The van der Waals surface area contributed by atoms with Crippen LogP contribution in [0.3, 0.4) is 0 Å². The van der Waals surface area contributed by atoms with E-state index in [2.05, 4.69) is 19.2 Å². The molecule has 2 atom stereocenters. The number of ether oxygens (including phenoxy) is 1. The lowest BCUT2D eigenvalue weighted by molar-refractivity contribution is 0.102. The van der Waals surface area contributed by atoms with E-state index < -0.39 is 0 Å². The third-order valence-electron chi connectivity index (χ3n) is 2.90. The highest BCUT2D eigenvalue weighted by Crippen LogP contribution is 2.14. The van der Waals surface area contributed by atoms with Crippen molar-refractivity contribution in [2.45, 2.75) is 51.7 Å². The maximum absolute atomic E-state index is 9.17. The molecule has 1 aliphatic rings. The van der Waals surface area contributed by atoms with Crippen LogP contribution >= 0.6 is 0 Å². The fourth-order valence-corrected chi connectivity index (χ4v) is 2.11. The Balaban J connectivity index is 2.05. The maximum atomic E-state index is 9.17. The van der Waals surface area contributed by atoms with E-state index in [1.807, 2.05) is 0 Å². The third-order valence-corrected chi connectivity index (χ3v) is 2.90. The molecular formula is C12H25NO2. The molecule has 0 spiro atoms. The fraction of sp³-hybridized carbons (Fsp3) is 1.00. The van der Waals surface area contributed by atoms with E-state index in [1.165, 1.54) is 12.8 Å². The highest BCUT2D eigenvalue weighted by atomic mass is 16.5. The van der Waals surface area contributed by atoms with Gasteiger partial charge in [0.1, 0.15) is 0 Å². The van der Waals surface area contributed by atoms with Gasteiger partial charge in [0.25, 0.3) is 0 Å². The van der Waals surface area contributed by atoms with Crippen molar-refractivity contribution in [1.82, 2.24) is 5.32 Å². The summed E-state index contributed by atoms with van der Waals surface area (Å²) in [6.45, 7) is 6.50. The van der Waals surface area contributed by atoms with Gasteiger partial charge in [-0.2, -0.15) is 0 Å². The van der Waals surface area contributed by atoms with Crippen LogP contribution < -0.4 is 5.32 Å². The van der Waals surface area contributed by atoms with E-state index in [1.54, 1.807) is 0 Å². The summed E-state index contributed by atoms with van der Waals surface area (Å²) in [5.74, 6) is 0.636. The Hall–Kier alpha value is -0.120. The molecule has 0 amide bonds. The standard InChI is InChI=1S/C12H25NO2/c1-10(2)8-11(9-14)13-6-5-12-4-3-7-15-12/h10-14H,3-9H2,1-2H3. The average Bonchev–Trinajstić information content (AvgIpc) is 2.68. The van der Waals surface area contributed by atoms with Crippen LogP contribution in [-0.4, -0.2) is 37.0 Å². The highest BCUT2D eigenvalue weighted by Gasteiger charge is 2.15. The van der Waals surface area contributed by atoms with Crippen LogP contribution in [0, 0.1) is 5.92 Å². The average molecular weight is 215 g/mol. The van der Waals surface area contributed by atoms with Crippen LogP contribution in [0.4, 0.5) is 0 Å². The molecule has 2 unspecified atom stereocenters. The number of aliphatic hydroxyl groups is 1. The molecule has 1 aliphatic heterocycles. The first-order valence-corrected chi connectivity index (χ1v) is 6.18. The first-order valence-electron chi connectivity index (χ1n) is 6.18. The summed E-state index contributed by atoms with van der Waals surface area (Å²) in [5.41, 5.74) is 0. The predicted molar refractivity (Wildman–Crippen MR) is 61.9 cm³/mol. The van der Waals surface area contributed by atoms with Gasteiger partial charge in [0.05, 0.1) is 12.7 Å². The Morgan fingerprint density at radius 2 is 2.27 bits per heavy atom. The summed E-state index contributed by atoms with van der Waals surface area (Å²) in [6.07, 6.45) is 4.99. The second-order valence-electron chi connectivity index (χ2n) is 4.89. The van der Waals surface area contributed by atoms with Gasteiger partial charge in [0, 0.05) is 12.6 Å². The molecular weight excluding hydrogens is 190 g/mol. The summed E-state index contributed by atoms with van der Waals surface area (Å²) in [4.78, 5) is 0. The molecule has 0 aromatic carbocycles. The van der Waals surface area contributed by atoms with Gasteiger partial charge < -0.3 is 15.2 Å². The number of hydrogen-bond acceptors (Lipinski definition) is 3. The molecule has 1 heterocycles. The summed E-state index contributed by atoms with van der Waals surface area (Å²) >= 11 is 0. The summed E-state index contributed by atoms with van der Waals surface area (Å²) < 4.78 is 5.55. The molecule has 1 saturated heterocycles. The number of hydrogen-bond donors (Lipinski definition) is 2. The summed E-state index contributed by atoms with van der Waals surface area (Å²) in [6, 6.07) is 0.256. The monoisotopic (exact) mass is 215 g/mol. The molecule has 1 fully saturated rings. The van der Waals surface area contributed by atoms with Crippen LogP contribution in [0.25, 0.3) is 0 Å². The van der Waals surface area contributed by atoms with E-state index in [-0.39, 0.29) is 12.6 Å². The lowest BCUT2D eigenvalue weighted by Crippen LogP contribution is -2.35. The molecule has 1 rings (SSSR count). The van der Waals surface area contributed by atoms with Gasteiger partial charge in [-0.3, -0.25) is 0 Å². The van der Waals surface area contributed by atoms with E-state index in [9.17, 15) is 5.11 Å². The van der Waals surface area contributed by atoms with Crippen molar-refractivity contribution in [2.75, 3.05) is 19.8 Å². The Bertz CT molecular complexity index is 156. The fourth-order valence-electron chi connectivity index (χ4n) is 2.11. The van der Waals surface area contributed by atoms with E-state index in [0.717, 1.165) is 26.0 Å². The highest BCUT2D eigenvalue weighted by molar-refractivity contribution is 4.70. The lowest BCUT2D eigenvalue weighted by atomic mass is 10.0. The first-order chi connectivity index (χ1) is 7.22. The molecule has 0 saturated carbocycles. The van der Waals surface area contributed by atoms with Crippen molar-refractivity contribution in [3.63, 3.8) is 0 Å². The van der Waals surface area contributed by atoms with E-state index in [0.29, 0.717) is 12.0 Å². The zero-order chi connectivity index (χ0) is 11.1. The number of aliphatic hydroxyl groups excluding tert-OH is 1. The second kappa shape index (κ2) is 7.20. The maximum Gasteiger partial charge on any atom is 0.0588 e. The van der Waals surface area contributed by atoms with Gasteiger partial charge in [-0.1, -0.05) is 13.8 Å². The Morgan fingerprint density at radius 1 is 1.47 bits per heavy atom. The molecule has 0 aliphatic carbocycles. The summed E-state index contributed by atoms with van der Waals surface area (Å²) in [7, 11) is 0. The zero-order valence-electron chi connectivity index (χ0n) is 10.0. The van der Waals surface area contributed by atoms with Crippen LogP contribution in [0.2, 0.25) is 0 Å². The van der Waals surface area contributed by atoms with Gasteiger partial charge >= 0.3 is 0 Å². The van der Waals surface area contributed by atoms with Crippen molar-refractivity contribution in [3.8, 4) is 0 Å². The van der Waals surface area contributed by atoms with Crippen molar-refractivity contribution < 1.29 is 9.84 Å². The Kier molecular flexibility index (Phi) is 6.22. The second-order valence-corrected chi connectivity index (χ2v) is 4.89. The predicted octanol–water partition coefficient (Wildman–Crippen LogP) is 1.55. The molecule has 0 bridgehead atoms. The number of rotatable bonds is 7. The first kappa shape index (κ1) is 12.9. The molecule has 2 N–H and O–H groups in total. The normalized spacial score (nSPS) is 23.6. The molecule has 0 radical (unpaired) electrons. The van der Waals surface area contributed by atoms with Crippen LogP contribution in [0.5, 0.6) is 0 Å². The van der Waals surface area contributed by atoms with Crippen LogP contribution in [0.1, 0.15) is 39.5 Å². The summed E-state index contributed by atoms with van der Waals surface area (Å²) in [5, 5.41) is 12.6. The van der Waals surface area contributed by atoms with Gasteiger partial charge in [0.15, 0.2) is 0 Å². The Morgan fingerprint density at radius 3 is 2.80 bits per heavy atom. The van der Waals surface area contributed by atoms with Crippen molar-refractivity contribution in [1.29, 1.82) is 0 Å². The molecule has 3 nitrogen and oxygen atoms in total. The third kappa shape index (κ3) is 5.50. The van der Waals surface area contributed by atoms with E-state index in [4.69, 9.17) is 4.74 Å². The quantitative estimate of drug-likeness (QED) is 0.677. The number of nitrogens with one attached hydrogen (secondary N) is 1. The molecule has 3 heteroatoms. The van der Waals surface area contributed by atoms with Crippen LogP contribution in [0.15, 0.2) is 0 Å². The van der Waals surface area contributed by atoms with Gasteiger partial charge in [-0.05, 0) is 38.1 Å². The SMILES string of the molecule is CC(C)CC(CO)NCCC1CCCO1. The minimum atomic E-state index is 0.240. The van der Waals surface area contributed by atoms with Gasteiger partial charge in [0.2, 0.25) is 0 Å². The topological polar surface area (TPSA) is 41.5 Å². The zero-order valence-corrected chi connectivity index (χ0v) is 10.0. The van der Waals surface area contributed by atoms with Gasteiger partial charge in [-0.15, -0.1) is 0 Å². The molecule has 15 heavy (non-hydrogen) atoms. The Labute approximate surface area is 93.2 Å².